The van der Waals surface area contributed by atoms with Gasteiger partial charge in [0.1, 0.15) is 0 Å². The lowest BCUT2D eigenvalue weighted by molar-refractivity contribution is 0.0947. The molecule has 2 aromatic rings. The van der Waals surface area contributed by atoms with Crippen molar-refractivity contribution in [2.24, 2.45) is 5.92 Å². The molecule has 0 spiro atoms. The van der Waals surface area contributed by atoms with Crippen molar-refractivity contribution < 1.29 is 4.79 Å². The van der Waals surface area contributed by atoms with Crippen molar-refractivity contribution in [2.45, 2.75) is 13.3 Å². The van der Waals surface area contributed by atoms with Gasteiger partial charge in [0.15, 0.2) is 5.78 Å². The molecular weight excluding hydrogens is 222 g/mol. The Balaban J connectivity index is 2.21. The average Bonchev–Trinajstić information content (AvgIpc) is 2.65. The second-order valence-electron chi connectivity index (χ2n) is 4.93. The summed E-state index contributed by atoms with van der Waals surface area (Å²) in [5.41, 5.74) is 10.6. The first-order valence-corrected chi connectivity index (χ1v) is 6.19. The first kappa shape index (κ1) is 11.0. The maximum Gasteiger partial charge on any atom is 0.166 e. The Morgan fingerprint density at radius 3 is 2.72 bits per heavy atom. The van der Waals surface area contributed by atoms with Gasteiger partial charge < -0.3 is 5.73 Å². The normalized spacial score (nSPS) is 17.8. The van der Waals surface area contributed by atoms with Crippen molar-refractivity contribution in [1.82, 2.24) is 0 Å². The van der Waals surface area contributed by atoms with Gasteiger partial charge in [0.25, 0.3) is 0 Å². The summed E-state index contributed by atoms with van der Waals surface area (Å²) in [6.07, 6.45) is 0.852. The quantitative estimate of drug-likeness (QED) is 0.773. The highest BCUT2D eigenvalue weighted by atomic mass is 16.1. The Morgan fingerprint density at radius 2 is 1.94 bits per heavy atom. The first-order chi connectivity index (χ1) is 8.66. The number of nitrogens with two attached hydrogens (primary N) is 1. The molecule has 1 atom stereocenters. The van der Waals surface area contributed by atoms with Gasteiger partial charge >= 0.3 is 0 Å². The van der Waals surface area contributed by atoms with Gasteiger partial charge in [-0.15, -0.1) is 0 Å². The van der Waals surface area contributed by atoms with Crippen molar-refractivity contribution in [2.75, 3.05) is 5.73 Å². The van der Waals surface area contributed by atoms with Crippen molar-refractivity contribution in [3.63, 3.8) is 0 Å². The Morgan fingerprint density at radius 1 is 1.17 bits per heavy atom. The first-order valence-electron chi connectivity index (χ1n) is 6.19. The number of rotatable bonds is 1. The molecule has 0 bridgehead atoms. The van der Waals surface area contributed by atoms with E-state index >= 15 is 0 Å². The van der Waals surface area contributed by atoms with E-state index in [-0.39, 0.29) is 11.7 Å². The third kappa shape index (κ3) is 1.61. The number of ketones is 1. The predicted octanol–water partition coefficient (Wildman–Crippen LogP) is 3.31. The van der Waals surface area contributed by atoms with Crippen LogP contribution in [0.15, 0.2) is 42.5 Å². The zero-order valence-electron chi connectivity index (χ0n) is 10.3. The minimum Gasteiger partial charge on any atom is -0.399 e. The van der Waals surface area contributed by atoms with Crippen molar-refractivity contribution in [3.05, 3.63) is 53.6 Å². The number of nitrogen functional groups attached to an aromatic ring is 1. The molecule has 0 amide bonds. The van der Waals surface area contributed by atoms with E-state index in [4.69, 9.17) is 5.73 Å². The molecule has 0 heterocycles. The monoisotopic (exact) mass is 237 g/mol. The lowest BCUT2D eigenvalue weighted by atomic mass is 9.96. The van der Waals surface area contributed by atoms with Crippen molar-refractivity contribution in [1.29, 1.82) is 0 Å². The topological polar surface area (TPSA) is 43.1 Å². The lowest BCUT2D eigenvalue weighted by Crippen LogP contribution is -2.04. The number of carbonyl (C=O) groups is 1. The van der Waals surface area contributed by atoms with E-state index in [9.17, 15) is 4.79 Å². The molecule has 0 saturated carbocycles. The Bertz CT molecular complexity index is 631. The number of hydrogen-bond donors (Lipinski definition) is 1. The summed E-state index contributed by atoms with van der Waals surface area (Å²) in [6.45, 7) is 1.99. The van der Waals surface area contributed by atoms with E-state index in [1.54, 1.807) is 0 Å². The van der Waals surface area contributed by atoms with Crippen LogP contribution in [-0.4, -0.2) is 5.78 Å². The van der Waals surface area contributed by atoms with Crippen LogP contribution in [-0.2, 0) is 6.42 Å². The molecule has 90 valence electrons. The van der Waals surface area contributed by atoms with Crippen LogP contribution in [0.5, 0.6) is 0 Å². The molecule has 1 aliphatic rings. The standard InChI is InChI=1S/C16H15NO/c1-10-8-12-5-3-7-14(15(12)16(10)18)11-4-2-6-13(17)9-11/h2-7,9-10H,8,17H2,1H3. The molecule has 0 saturated heterocycles. The fraction of sp³-hybridized carbons (Fsp3) is 0.188. The maximum atomic E-state index is 12.2. The SMILES string of the molecule is CC1Cc2cccc(-c3cccc(N)c3)c2C1=O. The zero-order chi connectivity index (χ0) is 12.7. The summed E-state index contributed by atoms with van der Waals surface area (Å²) in [4.78, 5) is 12.2. The number of anilines is 1. The number of fused-ring (bicyclic) bond motifs is 1. The highest BCUT2D eigenvalue weighted by Gasteiger charge is 2.29. The van der Waals surface area contributed by atoms with Crippen molar-refractivity contribution >= 4 is 11.5 Å². The summed E-state index contributed by atoms with van der Waals surface area (Å²) >= 11 is 0. The summed E-state index contributed by atoms with van der Waals surface area (Å²) in [5.74, 6) is 0.352. The third-order valence-electron chi connectivity index (χ3n) is 3.57. The molecule has 18 heavy (non-hydrogen) atoms. The minimum atomic E-state index is 0.0993. The van der Waals surface area contributed by atoms with Gasteiger partial charge in [-0.3, -0.25) is 4.79 Å². The van der Waals surface area contributed by atoms with Crippen LogP contribution in [0.2, 0.25) is 0 Å². The van der Waals surface area contributed by atoms with Crippen LogP contribution in [0.3, 0.4) is 0 Å². The smallest absolute Gasteiger partial charge is 0.166 e. The van der Waals surface area contributed by atoms with Gasteiger partial charge in [-0.05, 0) is 35.2 Å². The molecule has 0 fully saturated rings. The van der Waals surface area contributed by atoms with E-state index in [0.29, 0.717) is 0 Å². The van der Waals surface area contributed by atoms with Crippen LogP contribution in [0, 0.1) is 5.92 Å². The third-order valence-corrected chi connectivity index (χ3v) is 3.57. The van der Waals surface area contributed by atoms with Crippen LogP contribution < -0.4 is 5.73 Å². The fourth-order valence-electron chi connectivity index (χ4n) is 2.68. The van der Waals surface area contributed by atoms with E-state index in [1.807, 2.05) is 49.4 Å². The van der Waals surface area contributed by atoms with E-state index in [1.165, 1.54) is 0 Å². The highest BCUT2D eigenvalue weighted by molar-refractivity contribution is 6.07. The molecule has 1 unspecified atom stereocenters. The van der Waals surface area contributed by atoms with Gasteiger partial charge in [0, 0.05) is 17.2 Å². The molecule has 2 nitrogen and oxygen atoms in total. The number of hydrogen-bond acceptors (Lipinski definition) is 2. The Kier molecular flexibility index (Phi) is 2.44. The molecular formula is C16H15NO. The molecule has 1 aliphatic carbocycles. The molecule has 0 aliphatic heterocycles. The van der Waals surface area contributed by atoms with Gasteiger partial charge in [0.2, 0.25) is 0 Å². The predicted molar refractivity (Wildman–Crippen MR) is 73.5 cm³/mol. The van der Waals surface area contributed by atoms with E-state index < -0.39 is 0 Å². The fourth-order valence-corrected chi connectivity index (χ4v) is 2.68. The molecule has 2 N–H and O–H groups in total. The molecule has 0 aromatic heterocycles. The highest BCUT2D eigenvalue weighted by Crippen LogP contribution is 2.35. The van der Waals surface area contributed by atoms with Gasteiger partial charge in [-0.2, -0.15) is 0 Å². The maximum absolute atomic E-state index is 12.2. The van der Waals surface area contributed by atoms with Crippen LogP contribution in [0.1, 0.15) is 22.8 Å². The largest absolute Gasteiger partial charge is 0.399 e. The second-order valence-corrected chi connectivity index (χ2v) is 4.93. The summed E-state index contributed by atoms with van der Waals surface area (Å²) < 4.78 is 0. The van der Waals surface area contributed by atoms with E-state index in [0.717, 1.165) is 34.4 Å². The number of Topliss-reactive ketones (excluding diaryl/α,β-unsaturated/α-hetero) is 1. The second kappa shape index (κ2) is 3.98. The lowest BCUT2D eigenvalue weighted by Gasteiger charge is -2.08. The van der Waals surface area contributed by atoms with Gasteiger partial charge in [-0.25, -0.2) is 0 Å². The average molecular weight is 237 g/mol. The van der Waals surface area contributed by atoms with Crippen molar-refractivity contribution in [3.8, 4) is 11.1 Å². The number of carbonyl (C=O) groups excluding carboxylic acids is 1. The molecule has 2 heteroatoms. The molecule has 2 aromatic carbocycles. The minimum absolute atomic E-state index is 0.0993. The summed E-state index contributed by atoms with van der Waals surface area (Å²) in [7, 11) is 0. The van der Waals surface area contributed by atoms with Crippen LogP contribution in [0.25, 0.3) is 11.1 Å². The van der Waals surface area contributed by atoms with Gasteiger partial charge in [-0.1, -0.05) is 37.3 Å². The van der Waals surface area contributed by atoms with Crippen LogP contribution in [0.4, 0.5) is 5.69 Å². The molecule has 3 rings (SSSR count). The summed E-state index contributed by atoms with van der Waals surface area (Å²) in [5, 5.41) is 0. The van der Waals surface area contributed by atoms with E-state index in [2.05, 4.69) is 0 Å². The number of benzene rings is 2. The zero-order valence-corrected chi connectivity index (χ0v) is 10.3. The molecule has 0 radical (unpaired) electrons. The Labute approximate surface area is 106 Å². The van der Waals surface area contributed by atoms with Crippen LogP contribution >= 0.6 is 0 Å². The Hall–Kier alpha value is -2.09. The van der Waals surface area contributed by atoms with Gasteiger partial charge in [0.05, 0.1) is 0 Å². The summed E-state index contributed by atoms with van der Waals surface area (Å²) in [6, 6.07) is 13.8.